The summed E-state index contributed by atoms with van der Waals surface area (Å²) >= 11 is 0. The first kappa shape index (κ1) is 17.5. The van der Waals surface area contributed by atoms with Crippen LogP contribution >= 0.6 is 0 Å². The van der Waals surface area contributed by atoms with Crippen LogP contribution in [0.15, 0.2) is 54.9 Å². The molecule has 0 spiro atoms. The monoisotopic (exact) mass is 327 g/mol. The Bertz CT molecular complexity index is 647. The van der Waals surface area contributed by atoms with Gasteiger partial charge >= 0.3 is 12.0 Å². The minimum absolute atomic E-state index is 0.0160. The van der Waals surface area contributed by atoms with Gasteiger partial charge in [-0.25, -0.2) is 4.79 Å². The number of carbonyl (C=O) groups excluding carboxylic acids is 1. The Hall–Kier alpha value is -2.89. The molecule has 2 amide bonds. The highest BCUT2D eigenvalue weighted by molar-refractivity contribution is 5.74. The molecule has 24 heavy (non-hydrogen) atoms. The summed E-state index contributed by atoms with van der Waals surface area (Å²) in [5, 5.41) is 14.5. The molecule has 1 aromatic carbocycles. The van der Waals surface area contributed by atoms with Crippen molar-refractivity contribution in [2.45, 2.75) is 31.8 Å². The number of amides is 2. The number of aliphatic carboxylic acids is 1. The summed E-state index contributed by atoms with van der Waals surface area (Å²) in [7, 11) is 0. The van der Waals surface area contributed by atoms with Gasteiger partial charge in [0.1, 0.15) is 0 Å². The van der Waals surface area contributed by atoms with E-state index in [-0.39, 0.29) is 18.5 Å². The predicted molar refractivity (Wildman–Crippen MR) is 90.4 cm³/mol. The molecule has 0 fully saturated rings. The molecule has 0 radical (unpaired) electrons. The number of urea groups is 1. The summed E-state index contributed by atoms with van der Waals surface area (Å²) in [6.45, 7) is 0.394. The lowest BCUT2D eigenvalue weighted by atomic mass is 10.0. The third-order valence-corrected chi connectivity index (χ3v) is 3.57. The van der Waals surface area contributed by atoms with Gasteiger partial charge in [0.15, 0.2) is 0 Å². The van der Waals surface area contributed by atoms with Crippen molar-refractivity contribution in [3.05, 3.63) is 66.0 Å². The molecule has 126 valence electrons. The first-order valence-electron chi connectivity index (χ1n) is 7.82. The first-order valence-corrected chi connectivity index (χ1v) is 7.82. The van der Waals surface area contributed by atoms with Crippen molar-refractivity contribution in [2.75, 3.05) is 0 Å². The highest BCUT2D eigenvalue weighted by Gasteiger charge is 2.14. The molecule has 0 aliphatic rings. The largest absolute Gasteiger partial charge is 0.481 e. The number of nitrogens with one attached hydrogen (secondary N) is 2. The number of carboxylic acid groups (broad SMARTS) is 1. The van der Waals surface area contributed by atoms with E-state index in [0.717, 1.165) is 11.1 Å². The lowest BCUT2D eigenvalue weighted by Gasteiger charge is -2.18. The summed E-state index contributed by atoms with van der Waals surface area (Å²) in [6, 6.07) is 12.8. The maximum absolute atomic E-state index is 12.1. The van der Waals surface area contributed by atoms with Gasteiger partial charge in [0.25, 0.3) is 0 Å². The van der Waals surface area contributed by atoms with Crippen LogP contribution in [0, 0.1) is 0 Å². The van der Waals surface area contributed by atoms with Gasteiger partial charge in [-0.05, 0) is 36.1 Å². The van der Waals surface area contributed by atoms with Crippen molar-refractivity contribution in [2.24, 2.45) is 0 Å². The van der Waals surface area contributed by atoms with Crippen LogP contribution in [0.2, 0.25) is 0 Å². The lowest BCUT2D eigenvalue weighted by molar-refractivity contribution is -0.137. The van der Waals surface area contributed by atoms with Gasteiger partial charge in [-0.3, -0.25) is 9.78 Å². The molecule has 0 saturated carbocycles. The number of nitrogens with zero attached hydrogens (tertiary/aromatic N) is 1. The third-order valence-electron chi connectivity index (χ3n) is 3.57. The van der Waals surface area contributed by atoms with Crippen molar-refractivity contribution in [3.63, 3.8) is 0 Å². The number of hydrogen-bond donors (Lipinski definition) is 3. The molecular formula is C18H21N3O3. The quantitative estimate of drug-likeness (QED) is 0.694. The Morgan fingerprint density at radius 2 is 1.75 bits per heavy atom. The van der Waals surface area contributed by atoms with E-state index in [1.807, 2.05) is 42.5 Å². The molecule has 3 N–H and O–H groups in total. The number of hydrogen-bond acceptors (Lipinski definition) is 3. The summed E-state index contributed by atoms with van der Waals surface area (Å²) in [4.78, 5) is 26.8. The Labute approximate surface area is 140 Å². The molecule has 2 rings (SSSR count). The molecule has 1 unspecified atom stereocenters. The van der Waals surface area contributed by atoms with Gasteiger partial charge in [0, 0.05) is 31.4 Å². The molecule has 0 aliphatic carbocycles. The van der Waals surface area contributed by atoms with E-state index in [2.05, 4.69) is 15.6 Å². The van der Waals surface area contributed by atoms with Crippen molar-refractivity contribution in [3.8, 4) is 0 Å². The van der Waals surface area contributed by atoms with E-state index in [4.69, 9.17) is 5.11 Å². The minimum atomic E-state index is -0.868. The first-order chi connectivity index (χ1) is 11.6. The van der Waals surface area contributed by atoms with Gasteiger partial charge in [-0.2, -0.15) is 0 Å². The van der Waals surface area contributed by atoms with E-state index in [1.54, 1.807) is 12.4 Å². The third kappa shape index (κ3) is 6.48. The van der Waals surface area contributed by atoms with Crippen LogP contribution in [0.4, 0.5) is 4.79 Å². The molecule has 0 bridgehead atoms. The Morgan fingerprint density at radius 1 is 1.04 bits per heavy atom. The number of benzene rings is 1. The second-order valence-corrected chi connectivity index (χ2v) is 5.50. The van der Waals surface area contributed by atoms with Gasteiger partial charge < -0.3 is 15.7 Å². The fourth-order valence-corrected chi connectivity index (χ4v) is 2.34. The predicted octanol–water partition coefficient (Wildman–Crippen LogP) is 2.36. The topological polar surface area (TPSA) is 91.3 Å². The van der Waals surface area contributed by atoms with Crippen molar-refractivity contribution < 1.29 is 14.7 Å². The smallest absolute Gasteiger partial charge is 0.315 e. The Balaban J connectivity index is 1.88. The highest BCUT2D eigenvalue weighted by Crippen LogP contribution is 2.08. The molecule has 0 aliphatic heterocycles. The van der Waals surface area contributed by atoms with Crippen LogP contribution in [0.25, 0.3) is 0 Å². The SMILES string of the molecule is O=C(O)CCC(Cc1ccccc1)NC(=O)NCc1ccncc1. The summed E-state index contributed by atoms with van der Waals surface area (Å²) in [6.07, 6.45) is 4.33. The maximum Gasteiger partial charge on any atom is 0.315 e. The molecule has 2 aromatic rings. The number of carbonyl (C=O) groups is 2. The van der Waals surface area contributed by atoms with Crippen LogP contribution in [0.3, 0.4) is 0 Å². The second-order valence-electron chi connectivity index (χ2n) is 5.50. The van der Waals surface area contributed by atoms with E-state index in [1.165, 1.54) is 0 Å². The molecule has 1 aromatic heterocycles. The molecule has 1 atom stereocenters. The van der Waals surface area contributed by atoms with Crippen LogP contribution in [0.5, 0.6) is 0 Å². The fraction of sp³-hybridized carbons (Fsp3) is 0.278. The molecule has 6 heteroatoms. The van der Waals surface area contributed by atoms with E-state index in [0.29, 0.717) is 19.4 Å². The lowest BCUT2D eigenvalue weighted by Crippen LogP contribution is -2.43. The number of rotatable bonds is 8. The van der Waals surface area contributed by atoms with Crippen molar-refractivity contribution in [1.29, 1.82) is 0 Å². The van der Waals surface area contributed by atoms with Gasteiger partial charge in [0.05, 0.1) is 0 Å². The summed E-state index contributed by atoms with van der Waals surface area (Å²) in [5.41, 5.74) is 2.01. The number of pyridine rings is 1. The zero-order valence-corrected chi connectivity index (χ0v) is 13.3. The molecule has 1 heterocycles. The molecule has 0 saturated heterocycles. The fourth-order valence-electron chi connectivity index (χ4n) is 2.34. The summed E-state index contributed by atoms with van der Waals surface area (Å²) < 4.78 is 0. The average Bonchev–Trinajstić information content (AvgIpc) is 2.60. The van der Waals surface area contributed by atoms with Gasteiger partial charge in [-0.15, -0.1) is 0 Å². The van der Waals surface area contributed by atoms with E-state index < -0.39 is 5.97 Å². The zero-order valence-electron chi connectivity index (χ0n) is 13.3. The number of aromatic nitrogens is 1. The Kier molecular flexibility index (Phi) is 6.76. The highest BCUT2D eigenvalue weighted by atomic mass is 16.4. The normalized spacial score (nSPS) is 11.5. The number of carboxylic acids is 1. The van der Waals surface area contributed by atoms with Crippen LogP contribution < -0.4 is 10.6 Å². The molecule has 6 nitrogen and oxygen atoms in total. The molecular weight excluding hydrogens is 306 g/mol. The average molecular weight is 327 g/mol. The zero-order chi connectivity index (χ0) is 17.2. The Morgan fingerprint density at radius 3 is 2.42 bits per heavy atom. The van der Waals surface area contributed by atoms with E-state index >= 15 is 0 Å². The van der Waals surface area contributed by atoms with Crippen LogP contribution in [-0.2, 0) is 17.8 Å². The van der Waals surface area contributed by atoms with Crippen LogP contribution in [0.1, 0.15) is 24.0 Å². The van der Waals surface area contributed by atoms with Crippen molar-refractivity contribution >= 4 is 12.0 Å². The van der Waals surface area contributed by atoms with Gasteiger partial charge in [0.2, 0.25) is 0 Å². The van der Waals surface area contributed by atoms with Gasteiger partial charge in [-0.1, -0.05) is 30.3 Å². The second kappa shape index (κ2) is 9.29. The summed E-state index contributed by atoms with van der Waals surface area (Å²) in [5.74, 6) is -0.868. The standard InChI is InChI=1S/C18H21N3O3/c22-17(23)7-6-16(12-14-4-2-1-3-5-14)21-18(24)20-13-15-8-10-19-11-9-15/h1-5,8-11,16H,6-7,12-13H2,(H,22,23)(H2,20,21,24). The van der Waals surface area contributed by atoms with Crippen LogP contribution in [-0.4, -0.2) is 28.1 Å². The van der Waals surface area contributed by atoms with Crippen molar-refractivity contribution in [1.82, 2.24) is 15.6 Å². The minimum Gasteiger partial charge on any atom is -0.481 e. The van der Waals surface area contributed by atoms with E-state index in [9.17, 15) is 9.59 Å². The maximum atomic E-state index is 12.1.